The van der Waals surface area contributed by atoms with Crippen LogP contribution < -0.4 is 14.5 Å². The summed E-state index contributed by atoms with van der Waals surface area (Å²) in [7, 11) is 7.42. The maximum Gasteiger partial charge on any atom is 0.268 e. The van der Waals surface area contributed by atoms with E-state index in [1.165, 1.54) is 22.3 Å². The number of carbonyl (C=O) groups excluding carboxylic acids is 1. The molecule has 0 spiro atoms. The molecule has 0 saturated carbocycles. The molecule has 1 aromatic heterocycles. The molecule has 32 heavy (non-hydrogen) atoms. The Morgan fingerprint density at radius 2 is 1.88 bits per heavy atom. The number of methoxy groups -OCH3 is 1. The maximum atomic E-state index is 14.9. The van der Waals surface area contributed by atoms with E-state index in [0.717, 1.165) is 35.7 Å². The number of thiophene rings is 1. The molecule has 7 heteroatoms. The predicted octanol–water partition coefficient (Wildman–Crippen LogP) is 5.23. The normalized spacial score (nSPS) is 15.9. The maximum absolute atomic E-state index is 14.9. The van der Waals surface area contributed by atoms with Crippen molar-refractivity contribution in [2.24, 2.45) is 0 Å². The second-order valence-corrected chi connectivity index (χ2v) is 9.33. The number of anilines is 2. The first-order valence-corrected chi connectivity index (χ1v) is 11.4. The summed E-state index contributed by atoms with van der Waals surface area (Å²) in [6.45, 7) is 1.64. The van der Waals surface area contributed by atoms with Gasteiger partial charge in [-0.05, 0) is 80.7 Å². The van der Waals surface area contributed by atoms with E-state index in [9.17, 15) is 9.18 Å². The van der Waals surface area contributed by atoms with E-state index in [2.05, 4.69) is 23.9 Å². The van der Waals surface area contributed by atoms with Gasteiger partial charge < -0.3 is 19.4 Å². The molecule has 1 amide bonds. The lowest BCUT2D eigenvalue weighted by molar-refractivity contribution is 0.0997. The van der Waals surface area contributed by atoms with Crippen molar-refractivity contribution in [2.75, 3.05) is 51.1 Å². The van der Waals surface area contributed by atoms with Crippen LogP contribution in [0.4, 0.5) is 15.8 Å². The topological polar surface area (TPSA) is 36.0 Å². The summed E-state index contributed by atoms with van der Waals surface area (Å²) < 4.78 is 20.1. The van der Waals surface area contributed by atoms with Crippen molar-refractivity contribution in [1.82, 2.24) is 4.90 Å². The summed E-state index contributed by atoms with van der Waals surface area (Å²) in [5.74, 6) is 0.334. The highest BCUT2D eigenvalue weighted by Crippen LogP contribution is 2.32. The van der Waals surface area contributed by atoms with Crippen LogP contribution in [0.15, 0.2) is 54.6 Å². The molecule has 1 aliphatic rings. The smallest absolute Gasteiger partial charge is 0.268 e. The third-order valence-electron chi connectivity index (χ3n) is 6.05. The SMILES string of the molecule is COc1ccc(-c2ccc(C(=O)N(C)c3ccc(N4CCC(N(C)C)C4)c(F)c3)s2)cc1.[HH]. The Morgan fingerprint density at radius 3 is 2.50 bits per heavy atom. The number of benzene rings is 2. The van der Waals surface area contributed by atoms with Gasteiger partial charge in [0, 0.05) is 38.2 Å². The third kappa shape index (κ3) is 4.49. The molecular weight excluding hydrogens is 425 g/mol. The summed E-state index contributed by atoms with van der Waals surface area (Å²) in [4.78, 5) is 20.4. The lowest BCUT2D eigenvalue weighted by Crippen LogP contribution is -2.31. The molecule has 1 saturated heterocycles. The number of ether oxygens (including phenoxy) is 1. The van der Waals surface area contributed by atoms with Crippen molar-refractivity contribution in [3.05, 3.63) is 65.3 Å². The molecule has 0 N–H and O–H groups in total. The van der Waals surface area contributed by atoms with Crippen molar-refractivity contribution < 1.29 is 15.3 Å². The first kappa shape index (κ1) is 22.3. The van der Waals surface area contributed by atoms with E-state index >= 15 is 0 Å². The molecule has 1 aliphatic heterocycles. The lowest BCUT2D eigenvalue weighted by atomic mass is 10.2. The van der Waals surface area contributed by atoms with Gasteiger partial charge in [0.25, 0.3) is 5.91 Å². The van der Waals surface area contributed by atoms with Crippen LogP contribution in [0.25, 0.3) is 10.4 Å². The number of hydrogen-bond acceptors (Lipinski definition) is 5. The van der Waals surface area contributed by atoms with E-state index in [1.54, 1.807) is 20.2 Å². The van der Waals surface area contributed by atoms with Crippen molar-refractivity contribution in [3.63, 3.8) is 0 Å². The van der Waals surface area contributed by atoms with Gasteiger partial charge in [-0.1, -0.05) is 0 Å². The van der Waals surface area contributed by atoms with Crippen LogP contribution in [0, 0.1) is 5.82 Å². The number of hydrogen-bond donors (Lipinski definition) is 0. The average molecular weight is 456 g/mol. The molecule has 0 aliphatic carbocycles. The summed E-state index contributed by atoms with van der Waals surface area (Å²) in [5, 5.41) is 0. The highest BCUT2D eigenvalue weighted by atomic mass is 32.1. The molecule has 0 bridgehead atoms. The summed E-state index contributed by atoms with van der Waals surface area (Å²) in [6.07, 6.45) is 1.02. The Bertz CT molecular complexity index is 1100. The highest BCUT2D eigenvalue weighted by Gasteiger charge is 2.26. The van der Waals surface area contributed by atoms with Crippen molar-refractivity contribution in [3.8, 4) is 16.2 Å². The highest BCUT2D eigenvalue weighted by molar-refractivity contribution is 7.17. The van der Waals surface area contributed by atoms with Crippen LogP contribution in [0.1, 0.15) is 17.5 Å². The van der Waals surface area contributed by atoms with Gasteiger partial charge in [-0.3, -0.25) is 4.79 Å². The summed E-state index contributed by atoms with van der Waals surface area (Å²) >= 11 is 1.42. The van der Waals surface area contributed by atoms with Crippen LogP contribution in [0.3, 0.4) is 0 Å². The van der Waals surface area contributed by atoms with Gasteiger partial charge in [0.1, 0.15) is 11.6 Å². The number of amides is 1. The Kier molecular flexibility index (Phi) is 6.48. The molecule has 1 atom stereocenters. The van der Waals surface area contributed by atoms with E-state index in [0.29, 0.717) is 22.3 Å². The van der Waals surface area contributed by atoms with Crippen LogP contribution in [-0.2, 0) is 0 Å². The van der Waals surface area contributed by atoms with Gasteiger partial charge in [0.05, 0.1) is 17.7 Å². The van der Waals surface area contributed by atoms with Crippen LogP contribution in [-0.4, -0.2) is 58.2 Å². The fourth-order valence-electron chi connectivity index (χ4n) is 3.99. The molecule has 1 fully saturated rings. The number of likely N-dealkylation sites (N-methyl/N-ethyl adjacent to an activating group) is 1. The molecule has 2 heterocycles. The van der Waals surface area contributed by atoms with Gasteiger partial charge >= 0.3 is 0 Å². The minimum absolute atomic E-state index is 0. The van der Waals surface area contributed by atoms with Gasteiger partial charge in [-0.25, -0.2) is 4.39 Å². The van der Waals surface area contributed by atoms with Gasteiger partial charge in [0.2, 0.25) is 0 Å². The second-order valence-electron chi connectivity index (χ2n) is 8.24. The zero-order valence-corrected chi connectivity index (χ0v) is 19.7. The number of carbonyl (C=O) groups is 1. The molecule has 0 radical (unpaired) electrons. The minimum Gasteiger partial charge on any atom is -0.497 e. The van der Waals surface area contributed by atoms with Crippen molar-refractivity contribution in [2.45, 2.75) is 12.5 Å². The lowest BCUT2D eigenvalue weighted by Gasteiger charge is -2.23. The molecule has 2 aromatic carbocycles. The Balaban J connectivity index is 0.00000306. The molecule has 1 unspecified atom stereocenters. The van der Waals surface area contributed by atoms with E-state index in [-0.39, 0.29) is 13.2 Å². The van der Waals surface area contributed by atoms with Crippen molar-refractivity contribution >= 4 is 28.6 Å². The van der Waals surface area contributed by atoms with Crippen LogP contribution >= 0.6 is 11.3 Å². The monoisotopic (exact) mass is 455 g/mol. The molecule has 170 valence electrons. The van der Waals surface area contributed by atoms with Gasteiger partial charge in [0.15, 0.2) is 0 Å². The van der Waals surface area contributed by atoms with Gasteiger partial charge in [-0.2, -0.15) is 0 Å². The predicted molar refractivity (Wildman–Crippen MR) is 132 cm³/mol. The number of halogens is 1. The quantitative estimate of drug-likeness (QED) is 0.510. The summed E-state index contributed by atoms with van der Waals surface area (Å²) in [5.41, 5.74) is 2.16. The first-order valence-electron chi connectivity index (χ1n) is 10.6. The van der Waals surface area contributed by atoms with Crippen molar-refractivity contribution in [1.29, 1.82) is 0 Å². The zero-order valence-electron chi connectivity index (χ0n) is 18.8. The molecule has 5 nitrogen and oxygen atoms in total. The van der Waals surface area contributed by atoms with E-state index in [4.69, 9.17) is 4.74 Å². The number of rotatable bonds is 6. The van der Waals surface area contributed by atoms with E-state index in [1.807, 2.05) is 42.5 Å². The van der Waals surface area contributed by atoms with Crippen LogP contribution in [0.5, 0.6) is 5.75 Å². The zero-order chi connectivity index (χ0) is 22.8. The van der Waals surface area contributed by atoms with Crippen LogP contribution in [0.2, 0.25) is 0 Å². The Labute approximate surface area is 194 Å². The van der Waals surface area contributed by atoms with E-state index < -0.39 is 0 Å². The number of nitrogens with zero attached hydrogens (tertiary/aromatic N) is 3. The van der Waals surface area contributed by atoms with Gasteiger partial charge in [-0.15, -0.1) is 11.3 Å². The summed E-state index contributed by atoms with van der Waals surface area (Å²) in [6, 6.07) is 17.0. The third-order valence-corrected chi connectivity index (χ3v) is 7.17. The molecule has 3 aromatic rings. The molecule has 4 rings (SSSR count). The average Bonchev–Trinajstić information content (AvgIpc) is 3.48. The fraction of sp³-hybridized carbons (Fsp3) is 0.320. The second kappa shape index (κ2) is 9.30. The minimum atomic E-state index is -0.299. The largest absolute Gasteiger partial charge is 0.497 e. The first-order chi connectivity index (χ1) is 15.4. The Morgan fingerprint density at radius 1 is 1.12 bits per heavy atom. The Hall–Kier alpha value is -2.90. The molecular formula is C25H30FN3O2S. The fourth-order valence-corrected chi connectivity index (χ4v) is 4.98. The standard InChI is InChI=1S/C25H28FN3O2S.H2/c1-27(2)19-13-14-29(16-19)22-10-7-18(15-21(22)26)28(3)25(30)24-12-11-23(32-24)17-5-8-20(31-4)9-6-17;/h5-12,15,19H,13-14,16H2,1-4H3;1H.